The predicted molar refractivity (Wildman–Crippen MR) is 120 cm³/mol. The maximum atomic E-state index is 14.3. The summed E-state index contributed by atoms with van der Waals surface area (Å²) in [6, 6.07) is 9.50. The molecule has 7 nitrogen and oxygen atoms in total. The summed E-state index contributed by atoms with van der Waals surface area (Å²) in [5, 5.41) is 11.1. The van der Waals surface area contributed by atoms with Gasteiger partial charge < -0.3 is 15.5 Å². The number of imidazole rings is 1. The van der Waals surface area contributed by atoms with Gasteiger partial charge in [0.05, 0.1) is 40.5 Å². The lowest BCUT2D eigenvalue weighted by molar-refractivity contribution is 0.450. The molecule has 5 rings (SSSR count). The third-order valence-corrected chi connectivity index (χ3v) is 5.82. The number of anilines is 3. The fourth-order valence-corrected chi connectivity index (χ4v) is 4.16. The molecule has 2 N–H and O–H groups in total. The number of halogens is 2. The molecule has 0 bridgehead atoms. The Labute approximate surface area is 184 Å². The summed E-state index contributed by atoms with van der Waals surface area (Å²) in [5.41, 5.74) is 2.54. The highest BCUT2D eigenvalue weighted by Gasteiger charge is 2.21. The van der Waals surface area contributed by atoms with Crippen LogP contribution in [0.3, 0.4) is 0 Å². The zero-order chi connectivity index (χ0) is 22.1. The van der Waals surface area contributed by atoms with E-state index in [4.69, 9.17) is 0 Å². The Kier molecular flexibility index (Phi) is 5.40. The van der Waals surface area contributed by atoms with E-state index in [1.807, 2.05) is 13.1 Å². The van der Waals surface area contributed by atoms with Crippen molar-refractivity contribution in [3.8, 4) is 11.3 Å². The van der Waals surface area contributed by atoms with Crippen molar-refractivity contribution in [3.05, 3.63) is 66.6 Å². The Bertz CT molecular complexity index is 1240. The van der Waals surface area contributed by atoms with Crippen LogP contribution in [0.4, 0.5) is 26.1 Å². The zero-order valence-corrected chi connectivity index (χ0v) is 17.6. The maximum Gasteiger partial charge on any atom is 0.229 e. The van der Waals surface area contributed by atoms with Crippen LogP contribution in [0.5, 0.6) is 0 Å². The number of nitrogens with one attached hydrogen (secondary N) is 2. The topological polar surface area (TPSA) is 70.4 Å². The molecule has 1 aliphatic rings. The van der Waals surface area contributed by atoms with E-state index >= 15 is 0 Å². The van der Waals surface area contributed by atoms with Crippen LogP contribution in [-0.4, -0.2) is 45.8 Å². The van der Waals surface area contributed by atoms with Gasteiger partial charge in [0.2, 0.25) is 5.95 Å². The first kappa shape index (κ1) is 20.3. The first-order valence-corrected chi connectivity index (χ1v) is 10.6. The van der Waals surface area contributed by atoms with E-state index in [1.165, 1.54) is 18.2 Å². The Hall–Kier alpha value is -3.59. The number of hydrogen-bond donors (Lipinski definition) is 2. The highest BCUT2D eigenvalue weighted by Crippen LogP contribution is 2.30. The van der Waals surface area contributed by atoms with Gasteiger partial charge in [0.1, 0.15) is 11.6 Å². The van der Waals surface area contributed by atoms with Crippen LogP contribution >= 0.6 is 0 Å². The van der Waals surface area contributed by atoms with Gasteiger partial charge in [-0.15, -0.1) is 0 Å². The Morgan fingerprint density at radius 3 is 2.72 bits per heavy atom. The highest BCUT2D eigenvalue weighted by molar-refractivity contribution is 5.74. The third-order valence-electron chi connectivity index (χ3n) is 5.82. The molecule has 1 atom stereocenters. The van der Waals surface area contributed by atoms with Gasteiger partial charge in [-0.05, 0) is 50.2 Å². The van der Waals surface area contributed by atoms with Gasteiger partial charge in [-0.25, -0.2) is 13.8 Å². The van der Waals surface area contributed by atoms with Crippen molar-refractivity contribution in [1.29, 1.82) is 0 Å². The zero-order valence-electron chi connectivity index (χ0n) is 17.6. The fourth-order valence-electron chi connectivity index (χ4n) is 4.16. The van der Waals surface area contributed by atoms with Crippen molar-refractivity contribution in [2.75, 3.05) is 30.4 Å². The fraction of sp³-hybridized carbons (Fsp3) is 0.261. The van der Waals surface area contributed by atoms with Gasteiger partial charge in [0.15, 0.2) is 0 Å². The summed E-state index contributed by atoms with van der Waals surface area (Å²) >= 11 is 0. The average Bonchev–Trinajstić information content (AvgIpc) is 3.21. The van der Waals surface area contributed by atoms with E-state index < -0.39 is 11.6 Å². The number of nitrogens with zero attached hydrogens (tertiary/aromatic N) is 5. The number of aromatic nitrogens is 4. The predicted octanol–water partition coefficient (Wildman–Crippen LogP) is 4.00. The lowest BCUT2D eigenvalue weighted by Crippen LogP contribution is -2.44. The second-order valence-electron chi connectivity index (χ2n) is 7.83. The van der Waals surface area contributed by atoms with Crippen molar-refractivity contribution in [3.63, 3.8) is 0 Å². The van der Waals surface area contributed by atoms with Crippen molar-refractivity contribution >= 4 is 22.8 Å². The minimum absolute atomic E-state index is 0.164. The van der Waals surface area contributed by atoms with Crippen molar-refractivity contribution in [2.45, 2.75) is 18.9 Å². The van der Waals surface area contributed by atoms with Crippen LogP contribution < -0.4 is 15.5 Å². The molecule has 0 spiro atoms. The molecule has 1 fully saturated rings. The molecule has 1 aliphatic heterocycles. The third kappa shape index (κ3) is 3.75. The number of benzene rings is 1. The maximum absolute atomic E-state index is 14.3. The second kappa shape index (κ2) is 8.51. The molecule has 0 radical (unpaired) electrons. The molecule has 0 saturated carbocycles. The van der Waals surface area contributed by atoms with E-state index in [0.29, 0.717) is 17.5 Å². The van der Waals surface area contributed by atoms with Gasteiger partial charge in [-0.3, -0.25) is 4.98 Å². The van der Waals surface area contributed by atoms with Crippen LogP contribution in [-0.2, 0) is 0 Å². The van der Waals surface area contributed by atoms with Gasteiger partial charge in [0, 0.05) is 25.3 Å². The van der Waals surface area contributed by atoms with E-state index in [1.54, 1.807) is 35.2 Å². The van der Waals surface area contributed by atoms with Gasteiger partial charge >= 0.3 is 0 Å². The molecule has 0 aliphatic carbocycles. The number of likely N-dealkylation sites (N-methyl/N-ethyl adjacent to an activating group) is 1. The summed E-state index contributed by atoms with van der Waals surface area (Å²) in [6.45, 7) is 1.85. The van der Waals surface area contributed by atoms with E-state index in [2.05, 4.69) is 30.6 Å². The van der Waals surface area contributed by atoms with Crippen LogP contribution in [0, 0.1) is 11.6 Å². The summed E-state index contributed by atoms with van der Waals surface area (Å²) in [6.07, 6.45) is 7.42. The SMILES string of the molecule is CN[C@H]1CCCN(c2ccncc2Nc2ncc3ccc(-c4c(F)cccc4F)nn23)C1. The number of rotatable bonds is 5. The number of piperidine rings is 1. The smallest absolute Gasteiger partial charge is 0.229 e. The van der Waals surface area contributed by atoms with Crippen molar-refractivity contribution in [2.24, 2.45) is 0 Å². The Balaban J connectivity index is 1.51. The molecule has 4 aromatic rings. The van der Waals surface area contributed by atoms with Crippen LogP contribution in [0.1, 0.15) is 12.8 Å². The highest BCUT2D eigenvalue weighted by atomic mass is 19.1. The summed E-state index contributed by atoms with van der Waals surface area (Å²) in [7, 11) is 1.98. The molecule has 0 unspecified atom stereocenters. The molecule has 0 amide bonds. The largest absolute Gasteiger partial charge is 0.368 e. The van der Waals surface area contributed by atoms with Crippen molar-refractivity contribution in [1.82, 2.24) is 24.9 Å². The minimum Gasteiger partial charge on any atom is -0.368 e. The lowest BCUT2D eigenvalue weighted by atomic mass is 10.1. The molecule has 9 heteroatoms. The van der Waals surface area contributed by atoms with Crippen LogP contribution in [0.15, 0.2) is 55.0 Å². The molecule has 1 saturated heterocycles. The first-order valence-electron chi connectivity index (χ1n) is 10.6. The van der Waals surface area contributed by atoms with E-state index in [0.717, 1.165) is 37.3 Å². The van der Waals surface area contributed by atoms with Gasteiger partial charge in [-0.1, -0.05) is 6.07 Å². The number of pyridine rings is 1. The molecule has 164 valence electrons. The monoisotopic (exact) mass is 435 g/mol. The standard InChI is InChI=1S/C23H23F2N7/c1-26-15-4-3-11-31(14-15)21-9-10-27-13-20(21)29-23-28-12-16-7-8-19(30-32(16)23)22-17(24)5-2-6-18(22)25/h2,5-10,12-13,15,26H,3-4,11,14H2,1H3,(H,28,29)/t15-/m0/s1. The van der Waals surface area contributed by atoms with E-state index in [9.17, 15) is 8.78 Å². The lowest BCUT2D eigenvalue weighted by Gasteiger charge is -2.35. The van der Waals surface area contributed by atoms with E-state index in [-0.39, 0.29) is 11.3 Å². The molecule has 3 aromatic heterocycles. The quantitative estimate of drug-likeness (QED) is 0.494. The molecule has 32 heavy (non-hydrogen) atoms. The second-order valence-corrected chi connectivity index (χ2v) is 7.83. The summed E-state index contributed by atoms with van der Waals surface area (Å²) < 4.78 is 30.1. The number of fused-ring (bicyclic) bond motifs is 1. The molecule has 4 heterocycles. The number of hydrogen-bond acceptors (Lipinski definition) is 6. The normalized spacial score (nSPS) is 16.5. The summed E-state index contributed by atoms with van der Waals surface area (Å²) in [4.78, 5) is 11.0. The average molecular weight is 435 g/mol. The van der Waals surface area contributed by atoms with Crippen LogP contribution in [0.2, 0.25) is 0 Å². The Morgan fingerprint density at radius 1 is 1.06 bits per heavy atom. The van der Waals surface area contributed by atoms with Crippen LogP contribution in [0.25, 0.3) is 16.8 Å². The Morgan fingerprint density at radius 2 is 1.91 bits per heavy atom. The van der Waals surface area contributed by atoms with Gasteiger partial charge in [-0.2, -0.15) is 9.61 Å². The van der Waals surface area contributed by atoms with Gasteiger partial charge in [0.25, 0.3) is 0 Å². The molecular formula is C23H23F2N7. The molecule has 1 aromatic carbocycles. The first-order chi connectivity index (χ1) is 15.6. The minimum atomic E-state index is -0.662. The molecular weight excluding hydrogens is 412 g/mol. The van der Waals surface area contributed by atoms with Crippen molar-refractivity contribution < 1.29 is 8.78 Å². The summed E-state index contributed by atoms with van der Waals surface area (Å²) in [5.74, 6) is -0.884.